The molecule has 1 N–H and O–H groups in total. The number of hydrogen-bond acceptors (Lipinski definition) is 4. The highest BCUT2D eigenvalue weighted by Gasteiger charge is 2.54. The van der Waals surface area contributed by atoms with Gasteiger partial charge in [0.1, 0.15) is 0 Å². The predicted molar refractivity (Wildman–Crippen MR) is 108 cm³/mol. The highest BCUT2D eigenvalue weighted by atomic mass is 16.3. The fraction of sp³-hybridized carbons (Fsp3) is 0.435. The highest BCUT2D eigenvalue weighted by molar-refractivity contribution is 5.89. The van der Waals surface area contributed by atoms with Crippen LogP contribution in [0.15, 0.2) is 48.8 Å². The Kier molecular flexibility index (Phi) is 4.59. The number of rotatable bonds is 4. The third-order valence-electron chi connectivity index (χ3n) is 6.81. The van der Waals surface area contributed by atoms with Crippen molar-refractivity contribution in [1.82, 2.24) is 14.8 Å². The summed E-state index contributed by atoms with van der Waals surface area (Å²) in [6.07, 6.45) is 6.57. The van der Waals surface area contributed by atoms with Gasteiger partial charge in [0.15, 0.2) is 0 Å². The largest absolute Gasteiger partial charge is 0.394 e. The van der Waals surface area contributed by atoms with Gasteiger partial charge in [-0.1, -0.05) is 36.8 Å². The minimum absolute atomic E-state index is 0.0452. The molecule has 2 saturated heterocycles. The number of carbonyl (C=O) groups is 2. The Bertz CT molecular complexity index is 911. The van der Waals surface area contributed by atoms with Crippen molar-refractivity contribution in [3.05, 3.63) is 54.4 Å². The number of aliphatic hydroxyl groups excluding tert-OH is 1. The van der Waals surface area contributed by atoms with Crippen molar-refractivity contribution in [2.75, 3.05) is 19.7 Å². The molecule has 150 valence electrons. The monoisotopic (exact) mass is 391 g/mol. The number of carbonyl (C=O) groups excluding carboxylic acids is 2. The molecule has 29 heavy (non-hydrogen) atoms. The van der Waals surface area contributed by atoms with Crippen molar-refractivity contribution in [3.63, 3.8) is 0 Å². The van der Waals surface area contributed by atoms with E-state index in [1.54, 1.807) is 16.0 Å². The summed E-state index contributed by atoms with van der Waals surface area (Å²) in [5, 5.41) is 9.93. The average molecular weight is 391 g/mol. The number of aromatic nitrogens is 1. The van der Waals surface area contributed by atoms with Crippen LogP contribution < -0.4 is 0 Å². The van der Waals surface area contributed by atoms with Crippen molar-refractivity contribution < 1.29 is 14.7 Å². The SMILES string of the molecule is O=C(C1CCC1)N1CC(=O)N2[C@H](CO)[C@H](c3ccc(-c4cccnc4)cc3)[C@H]2C1. The van der Waals surface area contributed by atoms with Gasteiger partial charge in [-0.3, -0.25) is 14.6 Å². The van der Waals surface area contributed by atoms with E-state index < -0.39 is 0 Å². The predicted octanol–water partition coefficient (Wildman–Crippen LogP) is 2.05. The van der Waals surface area contributed by atoms with Crippen LogP contribution in [0.3, 0.4) is 0 Å². The molecule has 2 amide bonds. The Hall–Kier alpha value is -2.73. The Morgan fingerprint density at radius 3 is 2.55 bits per heavy atom. The fourth-order valence-electron chi connectivity index (χ4n) is 5.01. The Labute approximate surface area is 170 Å². The van der Waals surface area contributed by atoms with Gasteiger partial charge in [0.05, 0.1) is 25.2 Å². The maximum absolute atomic E-state index is 12.7. The lowest BCUT2D eigenvalue weighted by Gasteiger charge is -2.59. The average Bonchev–Trinajstić information content (AvgIpc) is 2.69. The van der Waals surface area contributed by atoms with Crippen LogP contribution >= 0.6 is 0 Å². The first kappa shape index (κ1) is 18.3. The molecule has 5 rings (SSSR count). The molecule has 0 radical (unpaired) electrons. The lowest BCUT2D eigenvalue weighted by molar-refractivity contribution is -0.169. The van der Waals surface area contributed by atoms with E-state index in [1.165, 1.54) is 0 Å². The second-order valence-electron chi connectivity index (χ2n) is 8.35. The molecule has 1 aliphatic carbocycles. The number of amides is 2. The van der Waals surface area contributed by atoms with Gasteiger partial charge in [-0.2, -0.15) is 0 Å². The molecule has 0 bridgehead atoms. The summed E-state index contributed by atoms with van der Waals surface area (Å²) in [5.41, 5.74) is 3.24. The van der Waals surface area contributed by atoms with Gasteiger partial charge in [0.25, 0.3) is 0 Å². The normalized spacial score (nSPS) is 26.5. The van der Waals surface area contributed by atoms with Crippen LogP contribution in [0.25, 0.3) is 11.1 Å². The van der Waals surface area contributed by atoms with Crippen LogP contribution in [0.1, 0.15) is 30.7 Å². The number of piperazine rings is 1. The molecule has 2 aromatic rings. The quantitative estimate of drug-likeness (QED) is 0.866. The zero-order chi connectivity index (χ0) is 20.0. The molecule has 3 fully saturated rings. The molecule has 3 heterocycles. The molecule has 1 aromatic heterocycles. The highest BCUT2D eigenvalue weighted by Crippen LogP contribution is 2.43. The molecule has 0 spiro atoms. The Balaban J connectivity index is 1.37. The molecule has 1 saturated carbocycles. The summed E-state index contributed by atoms with van der Waals surface area (Å²) in [5.74, 6) is 0.225. The van der Waals surface area contributed by atoms with E-state index in [9.17, 15) is 14.7 Å². The van der Waals surface area contributed by atoms with E-state index in [-0.39, 0.29) is 48.9 Å². The van der Waals surface area contributed by atoms with E-state index in [2.05, 4.69) is 29.2 Å². The van der Waals surface area contributed by atoms with E-state index >= 15 is 0 Å². The van der Waals surface area contributed by atoms with Gasteiger partial charge < -0.3 is 14.9 Å². The number of pyridine rings is 1. The van der Waals surface area contributed by atoms with Crippen LogP contribution in [0.2, 0.25) is 0 Å². The van der Waals surface area contributed by atoms with Gasteiger partial charge in [0.2, 0.25) is 11.8 Å². The van der Waals surface area contributed by atoms with Crippen LogP contribution in [0.4, 0.5) is 0 Å². The van der Waals surface area contributed by atoms with E-state index in [0.29, 0.717) is 6.54 Å². The van der Waals surface area contributed by atoms with E-state index in [0.717, 1.165) is 36.0 Å². The summed E-state index contributed by atoms with van der Waals surface area (Å²) in [6.45, 7) is 0.648. The van der Waals surface area contributed by atoms with Crippen molar-refractivity contribution >= 4 is 11.8 Å². The first-order valence-electron chi connectivity index (χ1n) is 10.4. The van der Waals surface area contributed by atoms with Crippen LogP contribution in [0.5, 0.6) is 0 Å². The van der Waals surface area contributed by atoms with E-state index in [4.69, 9.17) is 0 Å². The molecular formula is C23H25N3O3. The number of aliphatic hydroxyl groups is 1. The number of fused-ring (bicyclic) bond motifs is 1. The molecule has 6 nitrogen and oxygen atoms in total. The minimum Gasteiger partial charge on any atom is -0.394 e. The summed E-state index contributed by atoms with van der Waals surface area (Å²) in [4.78, 5) is 33.1. The Morgan fingerprint density at radius 2 is 1.93 bits per heavy atom. The van der Waals surface area contributed by atoms with Gasteiger partial charge in [-0.05, 0) is 35.6 Å². The smallest absolute Gasteiger partial charge is 0.242 e. The lowest BCUT2D eigenvalue weighted by Crippen LogP contribution is -2.73. The van der Waals surface area contributed by atoms with Gasteiger partial charge in [-0.25, -0.2) is 0 Å². The van der Waals surface area contributed by atoms with Gasteiger partial charge in [0, 0.05) is 30.8 Å². The topological polar surface area (TPSA) is 73.7 Å². The van der Waals surface area contributed by atoms with Crippen LogP contribution in [-0.4, -0.2) is 63.5 Å². The third kappa shape index (κ3) is 3.02. The van der Waals surface area contributed by atoms with E-state index in [1.807, 2.05) is 18.3 Å². The van der Waals surface area contributed by atoms with Crippen molar-refractivity contribution in [2.24, 2.45) is 5.92 Å². The van der Waals surface area contributed by atoms with Crippen molar-refractivity contribution in [3.8, 4) is 11.1 Å². The van der Waals surface area contributed by atoms with Crippen molar-refractivity contribution in [1.29, 1.82) is 0 Å². The number of benzene rings is 1. The molecule has 6 heteroatoms. The summed E-state index contributed by atoms with van der Waals surface area (Å²) in [6, 6.07) is 11.9. The number of nitrogens with zero attached hydrogens (tertiary/aromatic N) is 3. The maximum atomic E-state index is 12.7. The van der Waals surface area contributed by atoms with Gasteiger partial charge in [-0.15, -0.1) is 0 Å². The zero-order valence-electron chi connectivity index (χ0n) is 16.3. The second kappa shape index (κ2) is 7.26. The van der Waals surface area contributed by atoms with Gasteiger partial charge >= 0.3 is 0 Å². The fourth-order valence-corrected chi connectivity index (χ4v) is 5.01. The number of hydrogen-bond donors (Lipinski definition) is 1. The minimum atomic E-state index is -0.210. The van der Waals surface area contributed by atoms with Crippen LogP contribution in [-0.2, 0) is 9.59 Å². The molecule has 3 aliphatic rings. The summed E-state index contributed by atoms with van der Waals surface area (Å²) in [7, 11) is 0. The second-order valence-corrected chi connectivity index (χ2v) is 8.35. The summed E-state index contributed by atoms with van der Waals surface area (Å²) < 4.78 is 0. The maximum Gasteiger partial charge on any atom is 0.242 e. The standard InChI is InChI=1S/C23H25N3O3/c27-14-20-22(16-8-6-15(7-9-16)18-5-2-10-24-11-18)19-12-25(13-21(28)26(19)20)23(29)17-3-1-4-17/h2,5-11,17,19-20,22,27H,1,3-4,12-14H2/t19-,20-,22-/m1/s1. The van der Waals surface area contributed by atoms with Crippen molar-refractivity contribution in [2.45, 2.75) is 37.3 Å². The zero-order valence-corrected chi connectivity index (χ0v) is 16.3. The Morgan fingerprint density at radius 1 is 1.14 bits per heavy atom. The lowest BCUT2D eigenvalue weighted by atomic mass is 9.73. The molecule has 2 aliphatic heterocycles. The molecular weight excluding hydrogens is 366 g/mol. The first-order valence-corrected chi connectivity index (χ1v) is 10.4. The summed E-state index contributed by atoms with van der Waals surface area (Å²) >= 11 is 0. The molecule has 3 atom stereocenters. The molecule has 1 aromatic carbocycles. The first-order chi connectivity index (χ1) is 14.2. The third-order valence-corrected chi connectivity index (χ3v) is 6.81. The molecule has 0 unspecified atom stereocenters. The van der Waals surface area contributed by atoms with Crippen LogP contribution in [0, 0.1) is 5.92 Å².